The molecule has 0 aliphatic carbocycles. The molecule has 1 saturated heterocycles. The predicted octanol–water partition coefficient (Wildman–Crippen LogP) is 5.36. The zero-order valence-corrected chi connectivity index (χ0v) is 18.3. The molecule has 5 nitrogen and oxygen atoms in total. The van der Waals surface area contributed by atoms with Crippen molar-refractivity contribution < 1.29 is 9.53 Å². The molecule has 31 heavy (non-hydrogen) atoms. The predicted molar refractivity (Wildman–Crippen MR) is 125 cm³/mol. The second-order valence-corrected chi connectivity index (χ2v) is 8.50. The first-order valence-corrected chi connectivity index (χ1v) is 11.0. The van der Waals surface area contributed by atoms with Crippen LogP contribution in [0.2, 0.25) is 10.0 Å². The second-order valence-electron chi connectivity index (χ2n) is 7.63. The number of piperazine rings is 1. The Bertz CT molecular complexity index is 1150. The number of amides is 1. The zero-order valence-electron chi connectivity index (χ0n) is 16.8. The lowest BCUT2D eigenvalue weighted by Crippen LogP contribution is -2.43. The van der Waals surface area contributed by atoms with E-state index in [2.05, 4.69) is 10.2 Å². The topological polar surface area (TPSA) is 44.8 Å². The van der Waals surface area contributed by atoms with Crippen LogP contribution in [0, 0.1) is 0 Å². The van der Waals surface area contributed by atoms with E-state index in [1.54, 1.807) is 17.0 Å². The molecule has 0 bridgehead atoms. The van der Waals surface area contributed by atoms with Crippen LogP contribution in [0.25, 0.3) is 0 Å². The number of carbonyl (C=O) groups excluding carboxylic acids is 1. The van der Waals surface area contributed by atoms with Gasteiger partial charge in [0.1, 0.15) is 0 Å². The maximum absolute atomic E-state index is 13.8. The fourth-order valence-electron chi connectivity index (χ4n) is 4.08. The number of nitrogens with zero attached hydrogens (tertiary/aromatic N) is 2. The van der Waals surface area contributed by atoms with Gasteiger partial charge in [-0.05, 0) is 48.0 Å². The van der Waals surface area contributed by atoms with Gasteiger partial charge in [0.25, 0.3) is 5.91 Å². The molecule has 1 fully saturated rings. The van der Waals surface area contributed by atoms with Crippen LogP contribution in [0.1, 0.15) is 15.9 Å². The molecule has 3 aromatic carbocycles. The summed E-state index contributed by atoms with van der Waals surface area (Å²) in [5.74, 6) is 1.06. The van der Waals surface area contributed by atoms with E-state index in [-0.39, 0.29) is 5.91 Å². The Balaban J connectivity index is 1.63. The standard InChI is InChI=1S/C24H21Cl2N3O2/c25-17-4-1-3-16(13-17)15-29-21-14-18(26)7-8-22(21)31-23-19(24(29)30)5-2-6-20(23)28-11-9-27-10-12-28/h1-8,13-14,27H,9-12,15H2. The number of halogens is 2. The van der Waals surface area contributed by atoms with Gasteiger partial charge in [-0.25, -0.2) is 0 Å². The minimum atomic E-state index is -0.132. The Morgan fingerprint density at radius 3 is 2.48 bits per heavy atom. The van der Waals surface area contributed by atoms with Gasteiger partial charge in [0.2, 0.25) is 0 Å². The van der Waals surface area contributed by atoms with Gasteiger partial charge in [0.15, 0.2) is 11.5 Å². The molecule has 7 heteroatoms. The summed E-state index contributed by atoms with van der Waals surface area (Å²) in [6.07, 6.45) is 0. The molecule has 0 spiro atoms. The number of hydrogen-bond acceptors (Lipinski definition) is 4. The van der Waals surface area contributed by atoms with E-state index in [1.165, 1.54) is 0 Å². The zero-order chi connectivity index (χ0) is 21.4. The average molecular weight is 454 g/mol. The van der Waals surface area contributed by atoms with Gasteiger partial charge in [0, 0.05) is 36.2 Å². The minimum absolute atomic E-state index is 0.132. The van der Waals surface area contributed by atoms with E-state index in [1.807, 2.05) is 48.5 Å². The number of hydrogen-bond donors (Lipinski definition) is 1. The van der Waals surface area contributed by atoms with Gasteiger partial charge >= 0.3 is 0 Å². The first-order chi connectivity index (χ1) is 15.1. The molecule has 1 amide bonds. The normalized spacial score (nSPS) is 15.7. The molecule has 2 aliphatic heterocycles. The number of ether oxygens (including phenoxy) is 1. The van der Waals surface area contributed by atoms with Crippen molar-refractivity contribution in [2.45, 2.75) is 6.54 Å². The van der Waals surface area contributed by atoms with Gasteiger partial charge in [0.05, 0.1) is 23.5 Å². The molecule has 3 aromatic rings. The molecular formula is C24H21Cl2N3O2. The smallest absolute Gasteiger partial charge is 0.262 e. The largest absolute Gasteiger partial charge is 0.452 e. The van der Waals surface area contributed by atoms with Crippen molar-refractivity contribution in [3.63, 3.8) is 0 Å². The van der Waals surface area contributed by atoms with Crippen molar-refractivity contribution in [1.29, 1.82) is 0 Å². The van der Waals surface area contributed by atoms with E-state index in [4.69, 9.17) is 27.9 Å². The van der Waals surface area contributed by atoms with Crippen LogP contribution in [-0.2, 0) is 6.54 Å². The number of rotatable bonds is 3. The van der Waals surface area contributed by atoms with Gasteiger partial charge in [-0.3, -0.25) is 4.79 Å². The first-order valence-electron chi connectivity index (χ1n) is 10.2. The third-order valence-corrected chi connectivity index (χ3v) is 6.05. The number of para-hydroxylation sites is 1. The Hall–Kier alpha value is -2.73. The van der Waals surface area contributed by atoms with E-state index in [0.717, 1.165) is 37.4 Å². The van der Waals surface area contributed by atoms with Crippen molar-refractivity contribution in [1.82, 2.24) is 5.32 Å². The highest BCUT2D eigenvalue weighted by Crippen LogP contribution is 2.45. The molecule has 2 aliphatic rings. The van der Waals surface area contributed by atoms with Crippen LogP contribution in [-0.4, -0.2) is 32.1 Å². The molecule has 0 unspecified atom stereocenters. The van der Waals surface area contributed by atoms with Crippen molar-refractivity contribution in [3.05, 3.63) is 81.8 Å². The summed E-state index contributed by atoms with van der Waals surface area (Å²) in [6.45, 7) is 3.85. The highest BCUT2D eigenvalue weighted by Gasteiger charge is 2.31. The number of fused-ring (bicyclic) bond motifs is 2. The fraction of sp³-hybridized carbons (Fsp3) is 0.208. The molecule has 0 radical (unpaired) electrons. The van der Waals surface area contributed by atoms with Crippen LogP contribution in [0.15, 0.2) is 60.7 Å². The van der Waals surface area contributed by atoms with E-state index in [9.17, 15) is 4.79 Å². The quantitative estimate of drug-likeness (QED) is 0.579. The van der Waals surface area contributed by atoms with E-state index >= 15 is 0 Å². The third-order valence-electron chi connectivity index (χ3n) is 5.58. The number of nitrogens with one attached hydrogen (secondary N) is 1. The Morgan fingerprint density at radius 1 is 0.903 bits per heavy atom. The molecular weight excluding hydrogens is 433 g/mol. The van der Waals surface area contributed by atoms with Crippen LogP contribution in [0.5, 0.6) is 11.5 Å². The number of anilines is 2. The summed E-state index contributed by atoms with van der Waals surface area (Å²) in [7, 11) is 0. The van der Waals surface area contributed by atoms with Crippen molar-refractivity contribution in [3.8, 4) is 11.5 Å². The lowest BCUT2D eigenvalue weighted by Gasteiger charge is -2.31. The highest BCUT2D eigenvalue weighted by molar-refractivity contribution is 6.31. The van der Waals surface area contributed by atoms with Crippen molar-refractivity contribution in [2.24, 2.45) is 0 Å². The fourth-order valence-corrected chi connectivity index (χ4v) is 4.46. The van der Waals surface area contributed by atoms with Crippen LogP contribution < -0.4 is 19.9 Å². The van der Waals surface area contributed by atoms with Gasteiger partial charge in [-0.2, -0.15) is 0 Å². The molecule has 1 N–H and O–H groups in total. The molecule has 0 aromatic heterocycles. The number of benzene rings is 3. The summed E-state index contributed by atoms with van der Waals surface area (Å²) in [4.78, 5) is 17.7. The molecule has 5 rings (SSSR count). The Labute approximate surface area is 191 Å². The van der Waals surface area contributed by atoms with Gasteiger partial charge in [-0.1, -0.05) is 41.4 Å². The lowest BCUT2D eigenvalue weighted by atomic mass is 10.1. The summed E-state index contributed by atoms with van der Waals surface area (Å²) >= 11 is 12.5. The van der Waals surface area contributed by atoms with E-state index in [0.29, 0.717) is 39.3 Å². The molecule has 2 heterocycles. The molecule has 0 atom stereocenters. The Morgan fingerprint density at radius 2 is 1.68 bits per heavy atom. The summed E-state index contributed by atoms with van der Waals surface area (Å²) < 4.78 is 6.39. The molecule has 0 saturated carbocycles. The minimum Gasteiger partial charge on any atom is -0.452 e. The van der Waals surface area contributed by atoms with Gasteiger partial charge < -0.3 is 19.9 Å². The van der Waals surface area contributed by atoms with Crippen LogP contribution in [0.3, 0.4) is 0 Å². The maximum Gasteiger partial charge on any atom is 0.262 e. The maximum atomic E-state index is 13.8. The Kier molecular flexibility index (Phi) is 5.48. The first kappa shape index (κ1) is 20.2. The molecule has 158 valence electrons. The highest BCUT2D eigenvalue weighted by atomic mass is 35.5. The summed E-state index contributed by atoms with van der Waals surface area (Å²) in [5.41, 5.74) is 3.02. The average Bonchev–Trinajstić information content (AvgIpc) is 2.89. The third kappa shape index (κ3) is 3.97. The lowest BCUT2D eigenvalue weighted by molar-refractivity contribution is 0.0985. The SMILES string of the molecule is O=C1c2cccc(N3CCNCC3)c2Oc2ccc(Cl)cc2N1Cc1cccc(Cl)c1. The van der Waals surface area contributed by atoms with Gasteiger partial charge in [-0.15, -0.1) is 0 Å². The van der Waals surface area contributed by atoms with Crippen molar-refractivity contribution >= 4 is 40.5 Å². The van der Waals surface area contributed by atoms with Crippen LogP contribution >= 0.6 is 23.2 Å². The second kappa shape index (κ2) is 8.42. The number of carbonyl (C=O) groups is 1. The van der Waals surface area contributed by atoms with E-state index < -0.39 is 0 Å². The van der Waals surface area contributed by atoms with Crippen molar-refractivity contribution in [2.75, 3.05) is 36.0 Å². The summed E-state index contributed by atoms with van der Waals surface area (Å²) in [5, 5.41) is 4.53. The monoisotopic (exact) mass is 453 g/mol. The summed E-state index contributed by atoms with van der Waals surface area (Å²) in [6, 6.07) is 18.6. The van der Waals surface area contributed by atoms with Crippen LogP contribution in [0.4, 0.5) is 11.4 Å².